The van der Waals surface area contributed by atoms with E-state index in [1.807, 2.05) is 58.9 Å². The van der Waals surface area contributed by atoms with Crippen molar-refractivity contribution in [1.29, 1.82) is 0 Å². The Morgan fingerprint density at radius 1 is 1.14 bits per heavy atom. The van der Waals surface area contributed by atoms with Gasteiger partial charge in [0.15, 0.2) is 0 Å². The van der Waals surface area contributed by atoms with E-state index in [2.05, 4.69) is 0 Å². The van der Waals surface area contributed by atoms with Gasteiger partial charge in [-0.25, -0.2) is 4.79 Å². The van der Waals surface area contributed by atoms with Crippen molar-refractivity contribution in [2.75, 3.05) is 33.7 Å². The lowest BCUT2D eigenvalue weighted by molar-refractivity contribution is 0.0584. The van der Waals surface area contributed by atoms with Crippen molar-refractivity contribution in [2.45, 2.75) is 31.7 Å². The molecule has 1 saturated heterocycles. The Balaban J connectivity index is 1.62. The molecule has 3 amide bonds. The van der Waals surface area contributed by atoms with Gasteiger partial charge in [-0.05, 0) is 31.9 Å². The SMILES string of the molecule is Cc1cccc(C(=O)N2Cc3cn(C)nc3C3(CCN(C(=O)N(C)C)CC3)C2)c1. The second-order valence-corrected chi connectivity index (χ2v) is 8.65. The van der Waals surface area contributed by atoms with Crippen molar-refractivity contribution >= 4 is 11.9 Å². The number of aromatic nitrogens is 2. The highest BCUT2D eigenvalue weighted by Crippen LogP contribution is 2.41. The molecule has 154 valence electrons. The Kier molecular flexibility index (Phi) is 4.84. The molecule has 0 aliphatic carbocycles. The zero-order valence-electron chi connectivity index (χ0n) is 17.7. The average Bonchev–Trinajstić information content (AvgIpc) is 3.08. The fraction of sp³-hybridized carbons (Fsp3) is 0.500. The summed E-state index contributed by atoms with van der Waals surface area (Å²) in [7, 11) is 5.50. The van der Waals surface area contributed by atoms with Crippen LogP contribution in [0.1, 0.15) is 40.0 Å². The lowest BCUT2D eigenvalue weighted by atomic mass is 9.72. The summed E-state index contributed by atoms with van der Waals surface area (Å²) in [5, 5.41) is 4.78. The highest BCUT2D eigenvalue weighted by molar-refractivity contribution is 5.94. The van der Waals surface area contributed by atoms with Crippen LogP contribution < -0.4 is 0 Å². The first kappa shape index (κ1) is 19.5. The molecular weight excluding hydrogens is 366 g/mol. The monoisotopic (exact) mass is 395 g/mol. The summed E-state index contributed by atoms with van der Waals surface area (Å²) in [5.41, 5.74) is 3.84. The molecule has 0 unspecified atom stereocenters. The third-order valence-electron chi connectivity index (χ3n) is 6.19. The predicted octanol–water partition coefficient (Wildman–Crippen LogP) is 2.40. The zero-order valence-corrected chi connectivity index (χ0v) is 17.7. The first-order valence-electron chi connectivity index (χ1n) is 10.1. The Hall–Kier alpha value is -2.83. The van der Waals surface area contributed by atoms with E-state index >= 15 is 0 Å². The minimum atomic E-state index is -0.197. The van der Waals surface area contributed by atoms with Gasteiger partial charge in [-0.3, -0.25) is 9.48 Å². The summed E-state index contributed by atoms with van der Waals surface area (Å²) in [4.78, 5) is 31.1. The molecule has 2 aliphatic heterocycles. The van der Waals surface area contributed by atoms with Gasteiger partial charge in [0.05, 0.1) is 5.69 Å². The third-order valence-corrected chi connectivity index (χ3v) is 6.19. The van der Waals surface area contributed by atoms with Crippen LogP contribution in [-0.2, 0) is 19.0 Å². The Bertz CT molecular complexity index is 940. The van der Waals surface area contributed by atoms with Gasteiger partial charge in [0.1, 0.15) is 0 Å². The van der Waals surface area contributed by atoms with E-state index in [9.17, 15) is 9.59 Å². The van der Waals surface area contributed by atoms with Crippen LogP contribution in [0.15, 0.2) is 30.5 Å². The van der Waals surface area contributed by atoms with E-state index in [-0.39, 0.29) is 17.4 Å². The molecule has 2 aliphatic rings. The minimum Gasteiger partial charge on any atom is -0.333 e. The molecule has 1 spiro atoms. The largest absolute Gasteiger partial charge is 0.333 e. The first-order valence-corrected chi connectivity index (χ1v) is 10.1. The number of urea groups is 1. The number of fused-ring (bicyclic) bond motifs is 2. The summed E-state index contributed by atoms with van der Waals surface area (Å²) in [6.07, 6.45) is 3.66. The van der Waals surface area contributed by atoms with E-state index in [0.717, 1.165) is 35.2 Å². The Labute approximate surface area is 171 Å². The summed E-state index contributed by atoms with van der Waals surface area (Å²) in [6.45, 7) is 4.59. The van der Waals surface area contributed by atoms with Gasteiger partial charge in [0, 0.05) is 70.1 Å². The van der Waals surface area contributed by atoms with Gasteiger partial charge in [-0.15, -0.1) is 0 Å². The molecule has 7 heteroatoms. The van der Waals surface area contributed by atoms with E-state index in [0.29, 0.717) is 26.2 Å². The topological polar surface area (TPSA) is 61.7 Å². The van der Waals surface area contributed by atoms with E-state index in [1.54, 1.807) is 19.0 Å². The number of rotatable bonds is 1. The molecule has 0 radical (unpaired) electrons. The van der Waals surface area contributed by atoms with Crippen molar-refractivity contribution in [3.8, 4) is 0 Å². The molecule has 0 saturated carbocycles. The van der Waals surface area contributed by atoms with Crippen LogP contribution in [0.2, 0.25) is 0 Å². The van der Waals surface area contributed by atoms with Crippen LogP contribution >= 0.6 is 0 Å². The lowest BCUT2D eigenvalue weighted by Gasteiger charge is -2.46. The molecule has 4 rings (SSSR count). The fourth-order valence-electron chi connectivity index (χ4n) is 4.71. The van der Waals surface area contributed by atoms with Gasteiger partial charge in [-0.1, -0.05) is 17.7 Å². The Morgan fingerprint density at radius 3 is 2.52 bits per heavy atom. The standard InChI is InChI=1S/C22H29N5O2/c1-16-6-5-7-17(12-16)20(28)27-14-18-13-25(4)23-19(18)22(15-27)8-10-26(11-9-22)21(29)24(2)3/h5-7,12-13H,8-11,14-15H2,1-4H3. The number of benzene rings is 1. The number of carbonyl (C=O) groups is 2. The molecule has 1 aromatic heterocycles. The number of nitrogens with zero attached hydrogens (tertiary/aromatic N) is 5. The summed E-state index contributed by atoms with van der Waals surface area (Å²) >= 11 is 0. The second-order valence-electron chi connectivity index (χ2n) is 8.65. The molecule has 0 atom stereocenters. The van der Waals surface area contributed by atoms with Crippen molar-refractivity contribution in [2.24, 2.45) is 7.05 Å². The number of hydrogen-bond acceptors (Lipinski definition) is 3. The highest BCUT2D eigenvalue weighted by Gasteiger charge is 2.46. The van der Waals surface area contributed by atoms with Gasteiger partial charge < -0.3 is 14.7 Å². The smallest absolute Gasteiger partial charge is 0.319 e. The first-order chi connectivity index (χ1) is 13.8. The number of amides is 3. The number of hydrogen-bond donors (Lipinski definition) is 0. The van der Waals surface area contributed by atoms with Gasteiger partial charge in [0.25, 0.3) is 5.91 Å². The molecule has 1 aromatic carbocycles. The van der Waals surface area contributed by atoms with Crippen LogP contribution in [0.5, 0.6) is 0 Å². The highest BCUT2D eigenvalue weighted by atomic mass is 16.2. The number of carbonyl (C=O) groups excluding carboxylic acids is 2. The molecular formula is C22H29N5O2. The van der Waals surface area contributed by atoms with Crippen molar-refractivity contribution < 1.29 is 9.59 Å². The lowest BCUT2D eigenvalue weighted by Crippen LogP contribution is -2.55. The van der Waals surface area contributed by atoms with E-state index < -0.39 is 0 Å². The van der Waals surface area contributed by atoms with Crippen LogP contribution in [0.4, 0.5) is 4.79 Å². The summed E-state index contributed by atoms with van der Waals surface area (Å²) in [5.74, 6) is 0.0642. The maximum Gasteiger partial charge on any atom is 0.319 e. The molecule has 3 heterocycles. The van der Waals surface area contributed by atoms with E-state index in [4.69, 9.17) is 5.10 Å². The van der Waals surface area contributed by atoms with Crippen LogP contribution in [0.25, 0.3) is 0 Å². The third kappa shape index (κ3) is 3.50. The zero-order chi connectivity index (χ0) is 20.8. The van der Waals surface area contributed by atoms with Crippen molar-refractivity contribution in [3.63, 3.8) is 0 Å². The summed E-state index contributed by atoms with van der Waals surface area (Å²) < 4.78 is 1.85. The van der Waals surface area contributed by atoms with Gasteiger partial charge in [0.2, 0.25) is 0 Å². The van der Waals surface area contributed by atoms with Gasteiger partial charge >= 0.3 is 6.03 Å². The quantitative estimate of drug-likeness (QED) is 0.745. The van der Waals surface area contributed by atoms with Gasteiger partial charge in [-0.2, -0.15) is 5.10 Å². The number of piperidine rings is 1. The van der Waals surface area contributed by atoms with Crippen LogP contribution in [0, 0.1) is 6.92 Å². The summed E-state index contributed by atoms with van der Waals surface area (Å²) in [6, 6.07) is 7.82. The maximum atomic E-state index is 13.3. The molecule has 0 N–H and O–H groups in total. The second kappa shape index (κ2) is 7.21. The van der Waals surface area contributed by atoms with Crippen molar-refractivity contribution in [1.82, 2.24) is 24.5 Å². The fourth-order valence-corrected chi connectivity index (χ4v) is 4.71. The van der Waals surface area contributed by atoms with Crippen LogP contribution in [-0.4, -0.2) is 70.1 Å². The number of aryl methyl sites for hydroxylation is 2. The molecule has 2 aromatic rings. The minimum absolute atomic E-state index is 0.0459. The molecule has 1 fully saturated rings. The molecule has 7 nitrogen and oxygen atoms in total. The van der Waals surface area contributed by atoms with Crippen molar-refractivity contribution in [3.05, 3.63) is 52.8 Å². The Morgan fingerprint density at radius 2 is 1.86 bits per heavy atom. The molecule has 29 heavy (non-hydrogen) atoms. The average molecular weight is 396 g/mol. The number of likely N-dealkylation sites (tertiary alicyclic amines) is 1. The van der Waals surface area contributed by atoms with Crippen LogP contribution in [0.3, 0.4) is 0 Å². The maximum absolute atomic E-state index is 13.3. The predicted molar refractivity (Wildman–Crippen MR) is 111 cm³/mol. The normalized spacial score (nSPS) is 17.9. The van der Waals surface area contributed by atoms with E-state index in [1.165, 1.54) is 0 Å². The molecule has 0 bridgehead atoms.